The fourth-order valence-electron chi connectivity index (χ4n) is 1.27. The number of hydrogen-bond donors (Lipinski definition) is 3. The van der Waals surface area contributed by atoms with Crippen molar-refractivity contribution in [1.29, 1.82) is 0 Å². The van der Waals surface area contributed by atoms with Crippen molar-refractivity contribution in [3.8, 4) is 5.75 Å². The first-order valence-corrected chi connectivity index (χ1v) is 6.33. The zero-order chi connectivity index (χ0) is 14.3. The van der Waals surface area contributed by atoms with Gasteiger partial charge in [0.05, 0.1) is 19.6 Å². The van der Waals surface area contributed by atoms with Gasteiger partial charge in [0, 0.05) is 4.47 Å². The molecule has 3 N–H and O–H groups in total. The molecule has 0 aliphatic heterocycles. The number of nitrogens with one attached hydrogen (secondary N) is 1. The molecule has 1 atom stereocenters. The van der Waals surface area contributed by atoms with E-state index >= 15 is 0 Å². The molecule has 1 aromatic rings. The van der Waals surface area contributed by atoms with Gasteiger partial charge >= 0.3 is 5.97 Å². The Morgan fingerprint density at radius 3 is 2.74 bits per heavy atom. The molecule has 0 radical (unpaired) electrons. The van der Waals surface area contributed by atoms with Gasteiger partial charge in [0.1, 0.15) is 11.8 Å². The van der Waals surface area contributed by atoms with Crippen LogP contribution in [0, 0.1) is 0 Å². The number of halogens is 1. The molecule has 0 aromatic heterocycles. The smallest absolute Gasteiger partial charge is 0.328 e. The summed E-state index contributed by atoms with van der Waals surface area (Å²) < 4.78 is 6.19. The van der Waals surface area contributed by atoms with Crippen molar-refractivity contribution in [3.05, 3.63) is 28.7 Å². The van der Waals surface area contributed by atoms with Crippen LogP contribution < -0.4 is 10.1 Å². The molecule has 0 saturated heterocycles. The maximum Gasteiger partial charge on any atom is 0.328 e. The van der Waals surface area contributed by atoms with Crippen molar-refractivity contribution in [1.82, 2.24) is 5.32 Å². The van der Waals surface area contributed by atoms with Gasteiger partial charge in [-0.3, -0.25) is 4.79 Å². The monoisotopic (exact) mass is 331 g/mol. The number of ether oxygens (including phenoxy) is 1. The third-order valence-electron chi connectivity index (χ3n) is 2.21. The zero-order valence-corrected chi connectivity index (χ0v) is 11.6. The SMILES string of the molecule is O=C(CCOc1cccc(Br)c1)N[C@@H](CO)C(=O)O. The van der Waals surface area contributed by atoms with E-state index in [1.165, 1.54) is 0 Å². The number of hydrogen-bond acceptors (Lipinski definition) is 4. The van der Waals surface area contributed by atoms with Gasteiger partial charge in [0.2, 0.25) is 5.91 Å². The van der Waals surface area contributed by atoms with Gasteiger partial charge in [-0.05, 0) is 18.2 Å². The predicted molar refractivity (Wildman–Crippen MR) is 70.9 cm³/mol. The normalized spacial score (nSPS) is 11.7. The highest BCUT2D eigenvalue weighted by molar-refractivity contribution is 9.10. The zero-order valence-electron chi connectivity index (χ0n) is 10.0. The van der Waals surface area contributed by atoms with E-state index in [1.54, 1.807) is 18.2 Å². The molecule has 0 aliphatic rings. The summed E-state index contributed by atoms with van der Waals surface area (Å²) in [6.07, 6.45) is 0.0102. The summed E-state index contributed by atoms with van der Waals surface area (Å²) in [5.74, 6) is -1.15. The van der Waals surface area contributed by atoms with Crippen LogP contribution in [0.15, 0.2) is 28.7 Å². The summed E-state index contributed by atoms with van der Waals surface area (Å²) in [5, 5.41) is 19.6. The molecule has 0 saturated carbocycles. The van der Waals surface area contributed by atoms with Crippen molar-refractivity contribution < 1.29 is 24.5 Å². The van der Waals surface area contributed by atoms with Crippen molar-refractivity contribution in [2.45, 2.75) is 12.5 Å². The molecule has 1 amide bonds. The molecule has 0 heterocycles. The minimum Gasteiger partial charge on any atom is -0.493 e. The predicted octanol–water partition coefficient (Wildman–Crippen LogP) is 0.780. The van der Waals surface area contributed by atoms with E-state index in [0.29, 0.717) is 5.75 Å². The van der Waals surface area contributed by atoms with Crippen molar-refractivity contribution in [2.75, 3.05) is 13.2 Å². The van der Waals surface area contributed by atoms with Crippen LogP contribution in [0.3, 0.4) is 0 Å². The van der Waals surface area contributed by atoms with Crippen LogP contribution in [0.5, 0.6) is 5.75 Å². The van der Waals surface area contributed by atoms with Gasteiger partial charge in [-0.15, -0.1) is 0 Å². The van der Waals surface area contributed by atoms with Gasteiger partial charge in [-0.2, -0.15) is 0 Å². The summed E-state index contributed by atoms with van der Waals surface area (Å²) in [4.78, 5) is 22.0. The number of carbonyl (C=O) groups is 2. The van der Waals surface area contributed by atoms with Crippen LogP contribution in [0.4, 0.5) is 0 Å². The molecule has 0 aliphatic carbocycles. The van der Waals surface area contributed by atoms with Crippen LogP contribution in [0.2, 0.25) is 0 Å². The maximum atomic E-state index is 11.4. The van der Waals surface area contributed by atoms with Crippen molar-refractivity contribution in [3.63, 3.8) is 0 Å². The summed E-state index contributed by atoms with van der Waals surface area (Å²) in [7, 11) is 0. The Hall–Kier alpha value is -1.60. The maximum absolute atomic E-state index is 11.4. The highest BCUT2D eigenvalue weighted by atomic mass is 79.9. The molecule has 0 bridgehead atoms. The molecule has 19 heavy (non-hydrogen) atoms. The summed E-state index contributed by atoms with van der Waals surface area (Å²) >= 11 is 3.29. The number of carbonyl (C=O) groups excluding carboxylic acids is 1. The van der Waals surface area contributed by atoms with Crippen molar-refractivity contribution in [2.24, 2.45) is 0 Å². The molecule has 0 spiro atoms. The third-order valence-corrected chi connectivity index (χ3v) is 2.70. The van der Waals surface area contributed by atoms with E-state index in [1.807, 2.05) is 6.07 Å². The lowest BCUT2D eigenvalue weighted by molar-refractivity contribution is -0.143. The quantitative estimate of drug-likeness (QED) is 0.686. The molecular weight excluding hydrogens is 318 g/mol. The minimum absolute atomic E-state index is 0.0102. The molecule has 104 valence electrons. The Labute approximate surface area is 118 Å². The first-order chi connectivity index (χ1) is 9.02. The van der Waals surface area contributed by atoms with E-state index in [4.69, 9.17) is 14.9 Å². The van der Waals surface area contributed by atoms with E-state index in [0.717, 1.165) is 4.47 Å². The fourth-order valence-corrected chi connectivity index (χ4v) is 1.65. The lowest BCUT2D eigenvalue weighted by atomic mass is 10.3. The van der Waals surface area contributed by atoms with E-state index in [2.05, 4.69) is 21.2 Å². The third kappa shape index (κ3) is 5.71. The van der Waals surface area contributed by atoms with Gasteiger partial charge in [-0.1, -0.05) is 22.0 Å². The number of amides is 1. The molecule has 0 fully saturated rings. The summed E-state index contributed by atoms with van der Waals surface area (Å²) in [5.41, 5.74) is 0. The van der Waals surface area contributed by atoms with E-state index in [-0.39, 0.29) is 13.0 Å². The average molecular weight is 332 g/mol. The number of aliphatic carboxylic acids is 1. The number of benzene rings is 1. The summed E-state index contributed by atoms with van der Waals surface area (Å²) in [6, 6.07) is 5.87. The van der Waals surface area contributed by atoms with Crippen LogP contribution in [-0.2, 0) is 9.59 Å². The van der Waals surface area contributed by atoms with Gasteiger partial charge in [-0.25, -0.2) is 4.79 Å². The largest absolute Gasteiger partial charge is 0.493 e. The van der Waals surface area contributed by atoms with E-state index < -0.39 is 24.5 Å². The number of aliphatic hydroxyl groups excluding tert-OH is 1. The van der Waals surface area contributed by atoms with Crippen LogP contribution in [-0.4, -0.2) is 41.3 Å². The van der Waals surface area contributed by atoms with Crippen LogP contribution in [0.1, 0.15) is 6.42 Å². The molecule has 1 rings (SSSR count). The fraction of sp³-hybridized carbons (Fsp3) is 0.333. The Morgan fingerprint density at radius 1 is 1.42 bits per heavy atom. The van der Waals surface area contributed by atoms with Gasteiger partial charge < -0.3 is 20.3 Å². The Morgan fingerprint density at radius 2 is 2.16 bits per heavy atom. The topological polar surface area (TPSA) is 95.9 Å². The van der Waals surface area contributed by atoms with Crippen LogP contribution >= 0.6 is 15.9 Å². The number of aliphatic hydroxyl groups is 1. The standard InChI is InChI=1S/C12H14BrNO5/c13-8-2-1-3-9(6-8)19-5-4-11(16)14-10(7-15)12(17)18/h1-3,6,10,15H,4-5,7H2,(H,14,16)(H,17,18)/t10-/m0/s1. The Bertz CT molecular complexity index is 452. The first kappa shape index (κ1) is 15.5. The lowest BCUT2D eigenvalue weighted by Gasteiger charge is -2.12. The molecule has 1 aromatic carbocycles. The first-order valence-electron chi connectivity index (χ1n) is 5.54. The lowest BCUT2D eigenvalue weighted by Crippen LogP contribution is -2.43. The molecule has 0 unspecified atom stereocenters. The number of carboxylic acid groups (broad SMARTS) is 1. The molecule has 7 heteroatoms. The highest BCUT2D eigenvalue weighted by Crippen LogP contribution is 2.17. The number of rotatable bonds is 7. The average Bonchev–Trinajstić information content (AvgIpc) is 2.35. The minimum atomic E-state index is -1.28. The van der Waals surface area contributed by atoms with Crippen molar-refractivity contribution >= 4 is 27.8 Å². The van der Waals surface area contributed by atoms with Gasteiger partial charge in [0.25, 0.3) is 0 Å². The second-order valence-corrected chi connectivity index (χ2v) is 4.61. The van der Waals surface area contributed by atoms with E-state index in [9.17, 15) is 9.59 Å². The van der Waals surface area contributed by atoms with Gasteiger partial charge in [0.15, 0.2) is 0 Å². The molecular formula is C12H14BrNO5. The molecule has 6 nitrogen and oxygen atoms in total. The number of carboxylic acids is 1. The second-order valence-electron chi connectivity index (χ2n) is 3.70. The Balaban J connectivity index is 2.33. The second kappa shape index (κ2) is 7.75. The summed E-state index contributed by atoms with van der Waals surface area (Å²) in [6.45, 7) is -0.520. The van der Waals surface area contributed by atoms with Crippen LogP contribution in [0.25, 0.3) is 0 Å². The highest BCUT2D eigenvalue weighted by Gasteiger charge is 2.18. The Kier molecular flexibility index (Phi) is 6.31.